The van der Waals surface area contributed by atoms with Gasteiger partial charge in [0.25, 0.3) is 10.0 Å². The fourth-order valence-electron chi connectivity index (χ4n) is 4.37. The van der Waals surface area contributed by atoms with E-state index in [2.05, 4.69) is 0 Å². The summed E-state index contributed by atoms with van der Waals surface area (Å²) in [6, 6.07) is 26.0. The molecule has 0 heterocycles. The van der Waals surface area contributed by atoms with Crippen molar-refractivity contribution >= 4 is 21.4 Å². The summed E-state index contributed by atoms with van der Waals surface area (Å²) >= 11 is 0. The maximum absolute atomic E-state index is 13.5. The molecule has 0 N–H and O–H groups in total. The Bertz CT molecular complexity index is 1230. The van der Waals surface area contributed by atoms with E-state index in [0.29, 0.717) is 5.56 Å². The van der Waals surface area contributed by atoms with Crippen molar-refractivity contribution in [3.8, 4) is 0 Å². The molecule has 0 bridgehead atoms. The topological polar surface area (TPSA) is 54.5 Å². The third-order valence-corrected chi connectivity index (χ3v) is 7.89. The van der Waals surface area contributed by atoms with Crippen LogP contribution >= 0.6 is 0 Å². The Kier molecular flexibility index (Phi) is 6.28. The van der Waals surface area contributed by atoms with Crippen LogP contribution in [0, 0.1) is 12.8 Å². The molecule has 1 aliphatic carbocycles. The number of hydrogen-bond acceptors (Lipinski definition) is 3. The summed E-state index contributed by atoms with van der Waals surface area (Å²) in [6.07, 6.45) is 1.76. The highest BCUT2D eigenvalue weighted by Gasteiger charge is 2.35. The fraction of sp³-hybridized carbons (Fsp3) is 0.222. The van der Waals surface area contributed by atoms with E-state index in [1.165, 1.54) is 4.31 Å². The molecule has 0 radical (unpaired) electrons. The Morgan fingerprint density at radius 1 is 0.906 bits per heavy atom. The number of ketones is 1. The van der Waals surface area contributed by atoms with Crippen LogP contribution in [0.1, 0.15) is 40.7 Å². The second kappa shape index (κ2) is 9.13. The fourth-order valence-corrected chi connectivity index (χ4v) is 5.69. The average Bonchev–Trinajstić information content (AvgIpc) is 3.23. The predicted octanol–water partition coefficient (Wildman–Crippen LogP) is 5.71. The highest BCUT2D eigenvalue weighted by molar-refractivity contribution is 7.89. The van der Waals surface area contributed by atoms with Crippen LogP contribution in [-0.2, 0) is 10.0 Å². The maximum Gasteiger partial charge on any atom is 0.263 e. The zero-order chi connectivity index (χ0) is 22.7. The molecule has 0 aliphatic heterocycles. The van der Waals surface area contributed by atoms with Crippen molar-refractivity contribution in [2.45, 2.75) is 31.1 Å². The lowest BCUT2D eigenvalue weighted by molar-refractivity contribution is 0.0964. The lowest BCUT2D eigenvalue weighted by Crippen LogP contribution is -2.30. The summed E-state index contributed by atoms with van der Waals surface area (Å²) in [7, 11) is -2.14. The van der Waals surface area contributed by atoms with Gasteiger partial charge in [-0.25, -0.2) is 8.42 Å². The number of sulfonamides is 1. The van der Waals surface area contributed by atoms with Gasteiger partial charge in [0.1, 0.15) is 0 Å². The van der Waals surface area contributed by atoms with E-state index in [4.69, 9.17) is 0 Å². The van der Waals surface area contributed by atoms with Gasteiger partial charge in [-0.3, -0.25) is 9.10 Å². The number of aryl methyl sites for hydroxylation is 1. The van der Waals surface area contributed by atoms with Crippen LogP contribution in [0.25, 0.3) is 5.57 Å². The van der Waals surface area contributed by atoms with Crippen molar-refractivity contribution in [2.24, 2.45) is 5.92 Å². The third kappa shape index (κ3) is 4.39. The average molecular weight is 446 g/mol. The van der Waals surface area contributed by atoms with Crippen LogP contribution in [0.5, 0.6) is 0 Å². The molecule has 0 aromatic heterocycles. The summed E-state index contributed by atoms with van der Waals surface area (Å²) in [5.74, 6) is -0.133. The Morgan fingerprint density at radius 2 is 1.50 bits per heavy atom. The molecule has 0 saturated carbocycles. The van der Waals surface area contributed by atoms with Gasteiger partial charge in [0, 0.05) is 30.6 Å². The summed E-state index contributed by atoms with van der Waals surface area (Å²) in [4.78, 5) is 13.2. The van der Waals surface area contributed by atoms with Crippen molar-refractivity contribution in [1.82, 2.24) is 4.31 Å². The number of carbonyl (C=O) groups is 1. The van der Waals surface area contributed by atoms with Gasteiger partial charge in [0.2, 0.25) is 0 Å². The second-order valence-corrected chi connectivity index (χ2v) is 10.2. The number of allylic oxidation sites excluding steroid dienone is 2. The minimum Gasteiger partial charge on any atom is -0.294 e. The number of rotatable bonds is 7. The zero-order valence-corrected chi connectivity index (χ0v) is 19.2. The largest absolute Gasteiger partial charge is 0.294 e. The third-order valence-electron chi connectivity index (χ3n) is 6.11. The summed E-state index contributed by atoms with van der Waals surface area (Å²) in [6.45, 7) is 1.93. The Labute approximate surface area is 190 Å². The first-order valence-electron chi connectivity index (χ1n) is 10.8. The molecule has 4 nitrogen and oxygen atoms in total. The van der Waals surface area contributed by atoms with E-state index in [9.17, 15) is 13.2 Å². The SMILES string of the molecule is Cc1ccc(S(=O)(=O)N(C)C2=C(c3ccccc3)CC[C@H]2CC(=O)c2ccccc2)cc1. The molecule has 3 aromatic rings. The zero-order valence-electron chi connectivity index (χ0n) is 18.4. The molecule has 1 atom stereocenters. The molecule has 0 amide bonds. The van der Waals surface area contributed by atoms with Crippen molar-refractivity contribution < 1.29 is 13.2 Å². The lowest BCUT2D eigenvalue weighted by Gasteiger charge is -2.27. The van der Waals surface area contributed by atoms with Crippen LogP contribution in [0.2, 0.25) is 0 Å². The van der Waals surface area contributed by atoms with Crippen LogP contribution in [-0.4, -0.2) is 25.6 Å². The van der Waals surface area contributed by atoms with Crippen LogP contribution in [0.15, 0.2) is 95.5 Å². The van der Waals surface area contributed by atoms with Crippen LogP contribution < -0.4 is 0 Å². The minimum absolute atomic E-state index is 0.0311. The predicted molar refractivity (Wildman–Crippen MR) is 128 cm³/mol. The van der Waals surface area contributed by atoms with Crippen molar-refractivity contribution in [1.29, 1.82) is 0 Å². The first-order valence-corrected chi connectivity index (χ1v) is 12.2. The van der Waals surface area contributed by atoms with Gasteiger partial charge in [-0.2, -0.15) is 0 Å². The van der Waals surface area contributed by atoms with Gasteiger partial charge in [0.15, 0.2) is 5.78 Å². The van der Waals surface area contributed by atoms with E-state index < -0.39 is 10.0 Å². The van der Waals surface area contributed by atoms with Crippen molar-refractivity contribution in [2.75, 3.05) is 7.05 Å². The maximum atomic E-state index is 13.5. The molecule has 0 spiro atoms. The van der Waals surface area contributed by atoms with Gasteiger partial charge in [0.05, 0.1) is 4.90 Å². The smallest absolute Gasteiger partial charge is 0.263 e. The molecule has 32 heavy (non-hydrogen) atoms. The van der Waals surface area contributed by atoms with Gasteiger partial charge < -0.3 is 0 Å². The molecule has 164 valence electrons. The summed E-state index contributed by atoms with van der Waals surface area (Å²) in [5, 5.41) is 0. The van der Waals surface area contributed by atoms with Gasteiger partial charge in [-0.15, -0.1) is 0 Å². The number of benzene rings is 3. The second-order valence-electron chi connectivity index (χ2n) is 8.24. The monoisotopic (exact) mass is 445 g/mol. The van der Waals surface area contributed by atoms with E-state index in [1.807, 2.05) is 67.6 Å². The van der Waals surface area contributed by atoms with E-state index in [-0.39, 0.29) is 23.0 Å². The quantitative estimate of drug-likeness (QED) is 0.438. The van der Waals surface area contributed by atoms with Gasteiger partial charge in [-0.1, -0.05) is 78.4 Å². The minimum atomic E-state index is -3.75. The molecule has 0 fully saturated rings. The number of nitrogens with zero attached hydrogens (tertiary/aromatic N) is 1. The summed E-state index contributed by atoms with van der Waals surface area (Å²) in [5.41, 5.74) is 4.38. The first kappa shape index (κ1) is 22.0. The van der Waals surface area contributed by atoms with Gasteiger partial charge >= 0.3 is 0 Å². The molecule has 1 aliphatic rings. The van der Waals surface area contributed by atoms with E-state index in [0.717, 1.165) is 35.2 Å². The normalized spacial score (nSPS) is 16.2. The molecular formula is C27H27NO3S. The lowest BCUT2D eigenvalue weighted by atomic mass is 9.95. The summed E-state index contributed by atoms with van der Waals surface area (Å²) < 4.78 is 28.4. The first-order chi connectivity index (χ1) is 15.4. The standard InChI is InChI=1S/C27H27NO3S/c1-20-13-16-24(17-14-20)32(30,31)28(2)27-23(19-26(29)22-11-7-4-8-12-22)15-18-25(27)21-9-5-3-6-10-21/h3-14,16-17,23H,15,18-19H2,1-2H3/t23-/m0/s1. The highest BCUT2D eigenvalue weighted by atomic mass is 32.2. The molecule has 0 unspecified atom stereocenters. The van der Waals surface area contributed by atoms with Crippen LogP contribution in [0.4, 0.5) is 0 Å². The number of hydrogen-bond donors (Lipinski definition) is 0. The van der Waals surface area contributed by atoms with E-state index in [1.54, 1.807) is 31.3 Å². The van der Waals surface area contributed by atoms with Crippen molar-refractivity contribution in [3.05, 3.63) is 107 Å². The van der Waals surface area contributed by atoms with E-state index >= 15 is 0 Å². The van der Waals surface area contributed by atoms with Gasteiger partial charge in [-0.05, 0) is 43.0 Å². The molecule has 4 rings (SSSR count). The number of carbonyl (C=O) groups excluding carboxylic acids is 1. The Hall–Kier alpha value is -3.18. The molecular weight excluding hydrogens is 418 g/mol. The Morgan fingerprint density at radius 3 is 2.12 bits per heavy atom. The molecule has 3 aromatic carbocycles. The molecule has 5 heteroatoms. The van der Waals surface area contributed by atoms with Crippen molar-refractivity contribution in [3.63, 3.8) is 0 Å². The number of Topliss-reactive ketones (excluding diaryl/α,β-unsaturated/α-hetero) is 1. The molecule has 0 saturated heterocycles. The van der Waals surface area contributed by atoms with Crippen LogP contribution in [0.3, 0.4) is 0 Å². The highest BCUT2D eigenvalue weighted by Crippen LogP contribution is 2.43. The Balaban J connectivity index is 1.74.